The average Bonchev–Trinajstić information content (AvgIpc) is 3.46. The van der Waals surface area contributed by atoms with Crippen LogP contribution in [0.4, 0.5) is 13.2 Å². The number of likely N-dealkylation sites (tertiary alicyclic amines) is 1. The Morgan fingerprint density at radius 3 is 2.60 bits per heavy atom. The number of alkyl halides is 1. The van der Waals surface area contributed by atoms with Gasteiger partial charge < -0.3 is 10.2 Å². The van der Waals surface area contributed by atoms with Gasteiger partial charge in [-0.1, -0.05) is 43.3 Å². The van der Waals surface area contributed by atoms with Gasteiger partial charge in [0.15, 0.2) is 0 Å². The fourth-order valence-corrected chi connectivity index (χ4v) is 4.35. The van der Waals surface area contributed by atoms with Gasteiger partial charge in [-0.15, -0.1) is 5.10 Å². The minimum absolute atomic E-state index is 0.0455. The molecule has 35 heavy (non-hydrogen) atoms. The molecular weight excluding hydrogens is 459 g/mol. The first-order valence-electron chi connectivity index (χ1n) is 11.4. The van der Waals surface area contributed by atoms with Crippen molar-refractivity contribution in [2.24, 2.45) is 0 Å². The molecule has 2 amide bonds. The number of hydrogen-bond donors (Lipinski definition) is 2. The van der Waals surface area contributed by atoms with Crippen molar-refractivity contribution in [3.63, 3.8) is 0 Å². The lowest BCUT2D eigenvalue weighted by Crippen LogP contribution is -2.47. The van der Waals surface area contributed by atoms with Crippen molar-refractivity contribution in [3.8, 4) is 0 Å². The third-order valence-corrected chi connectivity index (χ3v) is 6.13. The number of amides is 2. The average molecular weight is 486 g/mol. The summed E-state index contributed by atoms with van der Waals surface area (Å²) in [5.74, 6) is -2.07. The maximum atomic E-state index is 14.8. The topological polar surface area (TPSA) is 91.0 Å². The van der Waals surface area contributed by atoms with Crippen LogP contribution in [0.2, 0.25) is 0 Å². The summed E-state index contributed by atoms with van der Waals surface area (Å²) in [4.78, 5) is 27.3. The second-order valence-corrected chi connectivity index (χ2v) is 8.99. The molecule has 1 fully saturated rings. The summed E-state index contributed by atoms with van der Waals surface area (Å²) < 4.78 is 43.1. The number of aromatic nitrogens is 3. The summed E-state index contributed by atoms with van der Waals surface area (Å²) >= 11 is 0. The van der Waals surface area contributed by atoms with Gasteiger partial charge >= 0.3 is 0 Å². The monoisotopic (exact) mass is 485 g/mol. The van der Waals surface area contributed by atoms with E-state index >= 15 is 0 Å². The highest BCUT2D eigenvalue weighted by molar-refractivity contribution is 5.89. The van der Waals surface area contributed by atoms with Crippen LogP contribution in [0.1, 0.15) is 54.6 Å². The molecule has 2 aromatic carbocycles. The molecular formula is C25H26F3N5O2. The number of aromatic amines is 1. The summed E-state index contributed by atoms with van der Waals surface area (Å²) in [7, 11) is 0. The zero-order chi connectivity index (χ0) is 25.1. The molecule has 3 atom stereocenters. The van der Waals surface area contributed by atoms with Crippen LogP contribution in [0.15, 0.2) is 48.7 Å². The number of hydrogen-bond acceptors (Lipinski definition) is 4. The van der Waals surface area contributed by atoms with Crippen LogP contribution in [0.3, 0.4) is 0 Å². The predicted octanol–water partition coefficient (Wildman–Crippen LogP) is 3.59. The van der Waals surface area contributed by atoms with Crippen molar-refractivity contribution in [3.05, 3.63) is 82.7 Å². The van der Waals surface area contributed by atoms with Crippen LogP contribution in [0.25, 0.3) is 0 Å². The van der Waals surface area contributed by atoms with E-state index in [0.29, 0.717) is 22.4 Å². The number of rotatable bonds is 7. The van der Waals surface area contributed by atoms with Gasteiger partial charge in [-0.2, -0.15) is 0 Å². The van der Waals surface area contributed by atoms with E-state index in [1.807, 2.05) is 13.8 Å². The molecule has 0 unspecified atom stereocenters. The molecule has 0 bridgehead atoms. The molecule has 0 radical (unpaired) electrons. The smallest absolute Gasteiger partial charge is 0.243 e. The Morgan fingerprint density at radius 2 is 1.94 bits per heavy atom. The minimum Gasteiger partial charge on any atom is -0.343 e. The summed E-state index contributed by atoms with van der Waals surface area (Å²) in [5.41, 5.74) is 1.75. The number of carbonyl (C=O) groups is 2. The first-order valence-corrected chi connectivity index (χ1v) is 11.4. The lowest BCUT2D eigenvalue weighted by Gasteiger charge is -2.27. The van der Waals surface area contributed by atoms with Gasteiger partial charge in [-0.05, 0) is 40.8 Å². The molecule has 3 aromatic rings. The van der Waals surface area contributed by atoms with Crippen LogP contribution in [0.5, 0.6) is 0 Å². The van der Waals surface area contributed by atoms with Crippen molar-refractivity contribution in [2.75, 3.05) is 6.54 Å². The maximum absolute atomic E-state index is 14.8. The molecule has 1 aromatic heterocycles. The molecule has 2 heterocycles. The van der Waals surface area contributed by atoms with Crippen LogP contribution in [0, 0.1) is 11.6 Å². The molecule has 2 N–H and O–H groups in total. The molecule has 10 heteroatoms. The normalized spacial score (nSPS) is 18.6. The maximum Gasteiger partial charge on any atom is 0.243 e. The van der Waals surface area contributed by atoms with Gasteiger partial charge in [-0.25, -0.2) is 13.2 Å². The number of halogens is 3. The van der Waals surface area contributed by atoms with Crippen molar-refractivity contribution >= 4 is 11.8 Å². The second-order valence-electron chi connectivity index (χ2n) is 8.99. The summed E-state index contributed by atoms with van der Waals surface area (Å²) in [5, 5.41) is 12.5. The van der Waals surface area contributed by atoms with Crippen molar-refractivity contribution in [1.82, 2.24) is 25.6 Å². The molecule has 0 spiro atoms. The van der Waals surface area contributed by atoms with Gasteiger partial charge in [0.1, 0.15) is 23.8 Å². The fraction of sp³-hybridized carbons (Fsp3) is 0.360. The highest BCUT2D eigenvalue weighted by Gasteiger charge is 2.40. The van der Waals surface area contributed by atoms with Crippen molar-refractivity contribution < 1.29 is 22.8 Å². The molecule has 1 aliphatic rings. The number of H-pyrrole nitrogens is 1. The fourth-order valence-electron chi connectivity index (χ4n) is 4.35. The third-order valence-electron chi connectivity index (χ3n) is 6.13. The molecule has 0 aliphatic carbocycles. The number of carbonyl (C=O) groups excluding carboxylic acids is 2. The van der Waals surface area contributed by atoms with E-state index in [-0.39, 0.29) is 25.3 Å². The van der Waals surface area contributed by atoms with Gasteiger partial charge in [0.05, 0.1) is 30.9 Å². The van der Waals surface area contributed by atoms with Gasteiger partial charge in [0.25, 0.3) is 0 Å². The zero-order valence-electron chi connectivity index (χ0n) is 19.3. The molecule has 1 aliphatic heterocycles. The van der Waals surface area contributed by atoms with E-state index in [1.165, 1.54) is 35.4 Å². The van der Waals surface area contributed by atoms with Crippen LogP contribution in [-0.4, -0.2) is 50.9 Å². The van der Waals surface area contributed by atoms with Crippen molar-refractivity contribution in [1.29, 1.82) is 0 Å². The van der Waals surface area contributed by atoms with Gasteiger partial charge in [-0.3, -0.25) is 14.7 Å². The second kappa shape index (κ2) is 10.3. The standard InChI is InChI=1S/C25H26F3N5O2/c1-14(2)20-7-6-16(9-21(20)28)24(15-4-3-5-17(26)8-15)30-25(35)22-10-18(27)13-33(22)23(34)11-19-12-29-32-31-19/h3-9,12,14,18,22,24H,10-11,13H2,1-2H3,(H,30,35)(H,29,31,32)/t18-,22+,24+/m1/s1. The Labute approximate surface area is 200 Å². The van der Waals surface area contributed by atoms with E-state index in [4.69, 9.17) is 0 Å². The molecule has 1 saturated heterocycles. The lowest BCUT2D eigenvalue weighted by molar-refractivity contribution is -0.138. The number of benzene rings is 2. The van der Waals surface area contributed by atoms with Crippen molar-refractivity contribution in [2.45, 2.75) is 50.9 Å². The first kappa shape index (κ1) is 24.4. The highest BCUT2D eigenvalue weighted by Crippen LogP contribution is 2.29. The largest absolute Gasteiger partial charge is 0.343 e. The van der Waals surface area contributed by atoms with E-state index in [0.717, 1.165) is 0 Å². The zero-order valence-corrected chi connectivity index (χ0v) is 19.3. The molecule has 184 valence electrons. The number of nitrogens with zero attached hydrogens (tertiary/aromatic N) is 3. The van der Waals surface area contributed by atoms with E-state index in [2.05, 4.69) is 20.7 Å². The Bertz CT molecular complexity index is 1200. The van der Waals surface area contributed by atoms with Gasteiger partial charge in [0, 0.05) is 6.42 Å². The predicted molar refractivity (Wildman–Crippen MR) is 122 cm³/mol. The Hall–Kier alpha value is -3.69. The third kappa shape index (κ3) is 5.52. The van der Waals surface area contributed by atoms with Gasteiger partial charge in [0.2, 0.25) is 11.8 Å². The Kier molecular flexibility index (Phi) is 7.18. The van der Waals surface area contributed by atoms with E-state index in [1.54, 1.807) is 18.2 Å². The van der Waals surface area contributed by atoms with E-state index < -0.39 is 41.7 Å². The van der Waals surface area contributed by atoms with Crippen LogP contribution in [-0.2, 0) is 16.0 Å². The Morgan fingerprint density at radius 1 is 1.17 bits per heavy atom. The summed E-state index contributed by atoms with van der Waals surface area (Å²) in [6.45, 7) is 3.51. The first-order chi connectivity index (χ1) is 16.7. The van der Waals surface area contributed by atoms with Crippen LogP contribution < -0.4 is 5.32 Å². The summed E-state index contributed by atoms with van der Waals surface area (Å²) in [6, 6.07) is 8.27. The molecule has 0 saturated carbocycles. The lowest BCUT2D eigenvalue weighted by atomic mass is 9.94. The molecule has 4 rings (SSSR count). The van der Waals surface area contributed by atoms with Crippen LogP contribution >= 0.6 is 0 Å². The SMILES string of the molecule is CC(C)c1ccc([C@@H](NC(=O)[C@@H]2C[C@@H](F)CN2C(=O)Cc2cnn[nH]2)c2cccc(F)c2)cc1F. The quantitative estimate of drug-likeness (QED) is 0.535. The minimum atomic E-state index is -1.37. The number of nitrogens with one attached hydrogen (secondary N) is 2. The summed E-state index contributed by atoms with van der Waals surface area (Å²) in [6.07, 6.45) is -0.274. The molecule has 7 nitrogen and oxygen atoms in total. The Balaban J connectivity index is 1.61. The highest BCUT2D eigenvalue weighted by atomic mass is 19.1. The van der Waals surface area contributed by atoms with E-state index in [9.17, 15) is 22.8 Å².